The van der Waals surface area contributed by atoms with Crippen LogP contribution < -0.4 is 10.1 Å². The molecular formula is C19H22ClN3O2. The van der Waals surface area contributed by atoms with E-state index in [1.165, 1.54) is 0 Å². The summed E-state index contributed by atoms with van der Waals surface area (Å²) in [7, 11) is 0. The van der Waals surface area contributed by atoms with E-state index in [0.717, 1.165) is 44.2 Å². The van der Waals surface area contributed by atoms with Crippen molar-refractivity contribution in [1.82, 2.24) is 9.80 Å². The third-order valence-corrected chi connectivity index (χ3v) is 4.51. The maximum Gasteiger partial charge on any atom is 0.321 e. The quantitative estimate of drug-likeness (QED) is 0.885. The van der Waals surface area contributed by atoms with Gasteiger partial charge in [-0.1, -0.05) is 18.5 Å². The molecule has 0 radical (unpaired) electrons. The first-order chi connectivity index (χ1) is 12.1. The SMILES string of the molecule is CCN1CCN(C(=O)Nc2ccc(Oc3ccc(Cl)cc3)cc2)CC1. The second-order valence-electron chi connectivity index (χ2n) is 5.93. The number of nitrogens with zero attached hydrogens (tertiary/aromatic N) is 2. The summed E-state index contributed by atoms with van der Waals surface area (Å²) in [4.78, 5) is 16.5. The standard InChI is InChI=1S/C19H22ClN3O2/c1-2-22-11-13-23(14-12-22)19(24)21-16-5-9-18(10-6-16)25-17-7-3-15(20)4-8-17/h3-10H,2,11-14H2,1H3,(H,21,24). The number of carbonyl (C=O) groups excluding carboxylic acids is 1. The smallest absolute Gasteiger partial charge is 0.321 e. The van der Waals surface area contributed by atoms with Crippen LogP contribution in [0.5, 0.6) is 11.5 Å². The number of nitrogens with one attached hydrogen (secondary N) is 1. The van der Waals surface area contributed by atoms with Gasteiger partial charge < -0.3 is 19.9 Å². The highest BCUT2D eigenvalue weighted by Gasteiger charge is 2.19. The second kappa shape index (κ2) is 8.23. The van der Waals surface area contributed by atoms with Gasteiger partial charge in [0, 0.05) is 36.9 Å². The van der Waals surface area contributed by atoms with E-state index in [1.807, 2.05) is 41.3 Å². The molecule has 3 rings (SSSR count). The molecule has 0 saturated carbocycles. The molecule has 2 aromatic rings. The Bertz CT molecular complexity index is 696. The van der Waals surface area contributed by atoms with E-state index < -0.39 is 0 Å². The van der Waals surface area contributed by atoms with Gasteiger partial charge in [0.25, 0.3) is 0 Å². The van der Waals surface area contributed by atoms with Crippen molar-refractivity contribution >= 4 is 23.3 Å². The van der Waals surface area contributed by atoms with E-state index in [2.05, 4.69) is 17.1 Å². The fourth-order valence-electron chi connectivity index (χ4n) is 2.71. The Morgan fingerprint density at radius 3 is 2.12 bits per heavy atom. The molecule has 0 atom stereocenters. The average molecular weight is 360 g/mol. The lowest BCUT2D eigenvalue weighted by Gasteiger charge is -2.33. The Labute approximate surface area is 153 Å². The number of anilines is 1. The maximum absolute atomic E-state index is 12.3. The van der Waals surface area contributed by atoms with Crippen LogP contribution in [0.3, 0.4) is 0 Å². The largest absolute Gasteiger partial charge is 0.457 e. The van der Waals surface area contributed by atoms with Gasteiger partial charge in [0.2, 0.25) is 0 Å². The summed E-state index contributed by atoms with van der Waals surface area (Å²) in [6.45, 7) is 6.55. The molecule has 0 spiro atoms. The summed E-state index contributed by atoms with van der Waals surface area (Å²) in [5.41, 5.74) is 0.756. The van der Waals surface area contributed by atoms with Crippen LogP contribution in [0.15, 0.2) is 48.5 Å². The summed E-state index contributed by atoms with van der Waals surface area (Å²) in [5, 5.41) is 3.61. The number of urea groups is 1. The minimum absolute atomic E-state index is 0.0536. The number of amides is 2. The highest BCUT2D eigenvalue weighted by molar-refractivity contribution is 6.30. The van der Waals surface area contributed by atoms with E-state index >= 15 is 0 Å². The molecule has 1 aliphatic heterocycles. The number of benzene rings is 2. The molecule has 1 N–H and O–H groups in total. The zero-order valence-corrected chi connectivity index (χ0v) is 15.0. The molecule has 0 bridgehead atoms. The molecule has 132 valence electrons. The lowest BCUT2D eigenvalue weighted by Crippen LogP contribution is -2.49. The number of rotatable bonds is 4. The normalized spacial score (nSPS) is 15.0. The lowest BCUT2D eigenvalue weighted by molar-refractivity contribution is 0.151. The lowest BCUT2D eigenvalue weighted by atomic mass is 10.3. The van der Waals surface area contributed by atoms with Gasteiger partial charge in [-0.3, -0.25) is 0 Å². The van der Waals surface area contributed by atoms with E-state index in [0.29, 0.717) is 10.8 Å². The number of hydrogen-bond acceptors (Lipinski definition) is 3. The highest BCUT2D eigenvalue weighted by Crippen LogP contribution is 2.24. The van der Waals surface area contributed by atoms with E-state index in [-0.39, 0.29) is 6.03 Å². The number of hydrogen-bond donors (Lipinski definition) is 1. The molecule has 0 unspecified atom stereocenters. The molecule has 2 amide bonds. The predicted octanol–water partition coefficient (Wildman–Crippen LogP) is 4.30. The van der Waals surface area contributed by atoms with Crippen LogP contribution in [0.4, 0.5) is 10.5 Å². The first-order valence-electron chi connectivity index (χ1n) is 8.46. The summed E-state index contributed by atoms with van der Waals surface area (Å²) in [6.07, 6.45) is 0. The van der Waals surface area contributed by atoms with Crippen molar-refractivity contribution in [2.45, 2.75) is 6.92 Å². The van der Waals surface area contributed by atoms with Crippen LogP contribution in [-0.4, -0.2) is 48.6 Å². The van der Waals surface area contributed by atoms with E-state index in [9.17, 15) is 4.79 Å². The van der Waals surface area contributed by atoms with E-state index in [1.54, 1.807) is 12.1 Å². The van der Waals surface area contributed by atoms with Crippen molar-refractivity contribution in [3.05, 3.63) is 53.6 Å². The van der Waals surface area contributed by atoms with Crippen LogP contribution in [0.25, 0.3) is 0 Å². The third-order valence-electron chi connectivity index (χ3n) is 4.26. The predicted molar refractivity (Wildman–Crippen MR) is 101 cm³/mol. The minimum Gasteiger partial charge on any atom is -0.457 e. The average Bonchev–Trinajstić information content (AvgIpc) is 2.65. The van der Waals surface area contributed by atoms with Crippen molar-refractivity contribution in [3.8, 4) is 11.5 Å². The van der Waals surface area contributed by atoms with Gasteiger partial charge >= 0.3 is 6.03 Å². The number of ether oxygens (including phenoxy) is 1. The summed E-state index contributed by atoms with van der Waals surface area (Å²) < 4.78 is 5.75. The van der Waals surface area contributed by atoms with Crippen molar-refractivity contribution in [2.75, 3.05) is 38.0 Å². The number of likely N-dealkylation sites (N-methyl/N-ethyl adjacent to an activating group) is 1. The zero-order chi connectivity index (χ0) is 17.6. The van der Waals surface area contributed by atoms with Gasteiger partial charge in [-0.05, 0) is 55.1 Å². The Balaban J connectivity index is 1.53. The molecule has 25 heavy (non-hydrogen) atoms. The van der Waals surface area contributed by atoms with Crippen molar-refractivity contribution in [1.29, 1.82) is 0 Å². The molecule has 1 aliphatic rings. The molecular weight excluding hydrogens is 338 g/mol. The van der Waals surface area contributed by atoms with Crippen LogP contribution in [0.1, 0.15) is 6.92 Å². The number of carbonyl (C=O) groups is 1. The molecule has 1 saturated heterocycles. The van der Waals surface area contributed by atoms with Crippen LogP contribution in [-0.2, 0) is 0 Å². The third kappa shape index (κ3) is 4.87. The van der Waals surface area contributed by atoms with Gasteiger partial charge in [0.1, 0.15) is 11.5 Å². The van der Waals surface area contributed by atoms with Crippen molar-refractivity contribution in [3.63, 3.8) is 0 Å². The van der Waals surface area contributed by atoms with Gasteiger partial charge in [0.15, 0.2) is 0 Å². The zero-order valence-electron chi connectivity index (χ0n) is 14.2. The molecule has 6 heteroatoms. The first-order valence-corrected chi connectivity index (χ1v) is 8.83. The number of piperazine rings is 1. The first kappa shape index (κ1) is 17.6. The Morgan fingerprint density at radius 1 is 1.00 bits per heavy atom. The summed E-state index contributed by atoms with van der Waals surface area (Å²) in [5.74, 6) is 1.42. The Morgan fingerprint density at radius 2 is 1.56 bits per heavy atom. The van der Waals surface area contributed by atoms with Crippen LogP contribution >= 0.6 is 11.6 Å². The molecule has 1 heterocycles. The van der Waals surface area contributed by atoms with Gasteiger partial charge in [-0.15, -0.1) is 0 Å². The fourth-order valence-corrected chi connectivity index (χ4v) is 2.84. The summed E-state index contributed by atoms with van der Waals surface area (Å²) >= 11 is 5.86. The second-order valence-corrected chi connectivity index (χ2v) is 6.37. The van der Waals surface area contributed by atoms with Crippen LogP contribution in [0.2, 0.25) is 5.02 Å². The molecule has 2 aromatic carbocycles. The monoisotopic (exact) mass is 359 g/mol. The van der Waals surface area contributed by atoms with Crippen LogP contribution in [0, 0.1) is 0 Å². The molecule has 5 nitrogen and oxygen atoms in total. The topological polar surface area (TPSA) is 44.8 Å². The Hall–Kier alpha value is -2.24. The highest BCUT2D eigenvalue weighted by atomic mass is 35.5. The fraction of sp³-hybridized carbons (Fsp3) is 0.316. The molecule has 0 aliphatic carbocycles. The maximum atomic E-state index is 12.3. The van der Waals surface area contributed by atoms with Crippen molar-refractivity contribution < 1.29 is 9.53 Å². The van der Waals surface area contributed by atoms with Gasteiger partial charge in [-0.25, -0.2) is 4.79 Å². The van der Waals surface area contributed by atoms with Crippen molar-refractivity contribution in [2.24, 2.45) is 0 Å². The van der Waals surface area contributed by atoms with E-state index in [4.69, 9.17) is 16.3 Å². The number of halogens is 1. The Kier molecular flexibility index (Phi) is 5.79. The molecule has 0 aromatic heterocycles. The van der Waals surface area contributed by atoms with Gasteiger partial charge in [-0.2, -0.15) is 0 Å². The molecule has 1 fully saturated rings. The van der Waals surface area contributed by atoms with Gasteiger partial charge in [0.05, 0.1) is 0 Å². The minimum atomic E-state index is -0.0536. The summed E-state index contributed by atoms with van der Waals surface area (Å²) in [6, 6.07) is 14.5.